The van der Waals surface area contributed by atoms with Crippen LogP contribution in [0.1, 0.15) is 31.4 Å². The summed E-state index contributed by atoms with van der Waals surface area (Å²) in [6.45, 7) is 5.20. The van der Waals surface area contributed by atoms with Crippen LogP contribution in [0.3, 0.4) is 0 Å². The van der Waals surface area contributed by atoms with E-state index in [4.69, 9.17) is 4.74 Å². The minimum absolute atomic E-state index is 0.604. The number of aryl methyl sites for hydroxylation is 1. The summed E-state index contributed by atoms with van der Waals surface area (Å²) in [7, 11) is 0. The molecule has 14 heavy (non-hydrogen) atoms. The van der Waals surface area contributed by atoms with Crippen molar-refractivity contribution in [2.75, 3.05) is 6.61 Å². The average Bonchev–Trinajstić information content (AvgIpc) is 2.62. The minimum atomic E-state index is 0.604. The molecule has 1 aliphatic carbocycles. The molecule has 1 nitrogen and oxygen atoms in total. The maximum atomic E-state index is 5.81. The normalized spacial score (nSPS) is 14.5. The van der Waals surface area contributed by atoms with Crippen molar-refractivity contribution >= 4 is 0 Å². The van der Waals surface area contributed by atoms with E-state index in [2.05, 4.69) is 32.0 Å². The van der Waals surface area contributed by atoms with Crippen molar-refractivity contribution in [1.29, 1.82) is 0 Å². The second-order valence-electron chi connectivity index (χ2n) is 4.45. The lowest BCUT2D eigenvalue weighted by Crippen LogP contribution is -2.06. The molecule has 2 rings (SSSR count). The molecule has 76 valence electrons. The van der Waals surface area contributed by atoms with Gasteiger partial charge in [0.05, 0.1) is 6.61 Å². The highest BCUT2D eigenvalue weighted by Crippen LogP contribution is 2.30. The van der Waals surface area contributed by atoms with Gasteiger partial charge in [0.1, 0.15) is 5.75 Å². The minimum Gasteiger partial charge on any atom is -0.493 e. The lowest BCUT2D eigenvalue weighted by Gasteiger charge is -2.12. The first-order chi connectivity index (χ1) is 6.77. The molecule has 0 atom stereocenters. The van der Waals surface area contributed by atoms with E-state index in [0.717, 1.165) is 12.4 Å². The first-order valence-corrected chi connectivity index (χ1v) is 5.51. The molecule has 0 spiro atoms. The van der Waals surface area contributed by atoms with E-state index < -0.39 is 0 Å². The smallest absolute Gasteiger partial charge is 0.122 e. The topological polar surface area (TPSA) is 9.23 Å². The monoisotopic (exact) mass is 190 g/mol. The summed E-state index contributed by atoms with van der Waals surface area (Å²) in [6.07, 6.45) is 3.72. The molecular formula is C13H18O. The maximum absolute atomic E-state index is 5.81. The average molecular weight is 190 g/mol. The van der Waals surface area contributed by atoms with Crippen LogP contribution in [0.15, 0.2) is 18.2 Å². The van der Waals surface area contributed by atoms with Crippen molar-refractivity contribution in [2.45, 2.75) is 33.1 Å². The predicted molar refractivity (Wildman–Crippen MR) is 58.8 cm³/mol. The molecule has 0 fully saturated rings. The summed E-state index contributed by atoms with van der Waals surface area (Å²) in [5.41, 5.74) is 2.94. The van der Waals surface area contributed by atoms with Crippen LogP contribution >= 0.6 is 0 Å². The molecule has 1 aliphatic rings. The van der Waals surface area contributed by atoms with Gasteiger partial charge in [-0.25, -0.2) is 0 Å². The van der Waals surface area contributed by atoms with Gasteiger partial charge in [-0.2, -0.15) is 0 Å². The number of benzene rings is 1. The number of hydrogen-bond donors (Lipinski definition) is 0. The van der Waals surface area contributed by atoms with Crippen molar-refractivity contribution in [3.05, 3.63) is 29.3 Å². The summed E-state index contributed by atoms with van der Waals surface area (Å²) >= 11 is 0. The highest BCUT2D eigenvalue weighted by molar-refractivity contribution is 5.42. The van der Waals surface area contributed by atoms with Gasteiger partial charge in [-0.3, -0.25) is 0 Å². The third kappa shape index (κ3) is 1.92. The third-order valence-electron chi connectivity index (χ3n) is 2.68. The Bertz CT molecular complexity index is 315. The zero-order valence-corrected chi connectivity index (χ0v) is 9.05. The van der Waals surface area contributed by atoms with Crippen molar-refractivity contribution in [3.8, 4) is 5.75 Å². The van der Waals surface area contributed by atoms with Crippen LogP contribution in [0.4, 0.5) is 0 Å². The van der Waals surface area contributed by atoms with E-state index in [-0.39, 0.29) is 0 Å². The van der Waals surface area contributed by atoms with Gasteiger partial charge in [0.25, 0.3) is 0 Å². The van der Waals surface area contributed by atoms with Crippen LogP contribution in [0.5, 0.6) is 5.75 Å². The fraction of sp³-hybridized carbons (Fsp3) is 0.538. The highest BCUT2D eigenvalue weighted by atomic mass is 16.5. The van der Waals surface area contributed by atoms with Gasteiger partial charge in [-0.1, -0.05) is 26.0 Å². The van der Waals surface area contributed by atoms with Crippen molar-refractivity contribution in [2.24, 2.45) is 5.92 Å². The lowest BCUT2D eigenvalue weighted by molar-refractivity contribution is 0.269. The van der Waals surface area contributed by atoms with Crippen LogP contribution in [-0.4, -0.2) is 6.61 Å². The second kappa shape index (κ2) is 4.04. The van der Waals surface area contributed by atoms with E-state index >= 15 is 0 Å². The molecule has 1 heteroatoms. The molecule has 0 amide bonds. The summed E-state index contributed by atoms with van der Waals surface area (Å²) < 4.78 is 5.81. The van der Waals surface area contributed by atoms with E-state index in [9.17, 15) is 0 Å². The summed E-state index contributed by atoms with van der Waals surface area (Å²) in [5.74, 6) is 1.72. The van der Waals surface area contributed by atoms with Gasteiger partial charge in [-0.15, -0.1) is 0 Å². The summed E-state index contributed by atoms with van der Waals surface area (Å²) in [4.78, 5) is 0. The van der Waals surface area contributed by atoms with E-state index in [1.54, 1.807) is 0 Å². The SMILES string of the molecule is CC(C)COc1cccc2c1CCC2. The second-order valence-corrected chi connectivity index (χ2v) is 4.45. The molecule has 1 aromatic rings. The van der Waals surface area contributed by atoms with Gasteiger partial charge in [0, 0.05) is 0 Å². The summed E-state index contributed by atoms with van der Waals surface area (Å²) in [6, 6.07) is 6.44. The molecule has 0 bridgehead atoms. The predicted octanol–water partition coefficient (Wildman–Crippen LogP) is 3.21. The molecule has 0 aromatic heterocycles. The van der Waals surface area contributed by atoms with Crippen LogP contribution < -0.4 is 4.74 Å². The molecule has 0 aliphatic heterocycles. The van der Waals surface area contributed by atoms with Gasteiger partial charge < -0.3 is 4.74 Å². The number of fused-ring (bicyclic) bond motifs is 1. The number of rotatable bonds is 3. The highest BCUT2D eigenvalue weighted by Gasteiger charge is 2.15. The quantitative estimate of drug-likeness (QED) is 0.711. The van der Waals surface area contributed by atoms with Crippen molar-refractivity contribution < 1.29 is 4.74 Å². The largest absolute Gasteiger partial charge is 0.493 e. The summed E-state index contributed by atoms with van der Waals surface area (Å²) in [5, 5.41) is 0. The Hall–Kier alpha value is -0.980. The molecule has 1 aromatic carbocycles. The number of ether oxygens (including phenoxy) is 1. The molecule has 0 unspecified atom stereocenters. The van der Waals surface area contributed by atoms with Gasteiger partial charge in [0.15, 0.2) is 0 Å². The zero-order valence-electron chi connectivity index (χ0n) is 9.05. The van der Waals surface area contributed by atoms with Crippen molar-refractivity contribution in [1.82, 2.24) is 0 Å². The van der Waals surface area contributed by atoms with Gasteiger partial charge in [-0.05, 0) is 42.4 Å². The van der Waals surface area contributed by atoms with Crippen LogP contribution in [0, 0.1) is 5.92 Å². The Morgan fingerprint density at radius 3 is 2.93 bits per heavy atom. The van der Waals surface area contributed by atoms with Crippen LogP contribution in [-0.2, 0) is 12.8 Å². The fourth-order valence-corrected chi connectivity index (χ4v) is 1.98. The molecule has 0 saturated carbocycles. The first-order valence-electron chi connectivity index (χ1n) is 5.51. The van der Waals surface area contributed by atoms with Crippen LogP contribution in [0.25, 0.3) is 0 Å². The Balaban J connectivity index is 2.14. The third-order valence-corrected chi connectivity index (χ3v) is 2.68. The van der Waals surface area contributed by atoms with E-state index in [1.165, 1.54) is 30.4 Å². The molecular weight excluding hydrogens is 172 g/mol. The van der Waals surface area contributed by atoms with Crippen molar-refractivity contribution in [3.63, 3.8) is 0 Å². The van der Waals surface area contributed by atoms with Gasteiger partial charge in [0.2, 0.25) is 0 Å². The van der Waals surface area contributed by atoms with E-state index in [0.29, 0.717) is 5.92 Å². The molecule has 0 radical (unpaired) electrons. The molecule has 0 N–H and O–H groups in total. The Kier molecular flexibility index (Phi) is 2.76. The fourth-order valence-electron chi connectivity index (χ4n) is 1.98. The maximum Gasteiger partial charge on any atom is 0.122 e. The Labute approximate surface area is 86.1 Å². The van der Waals surface area contributed by atoms with Crippen LogP contribution in [0.2, 0.25) is 0 Å². The zero-order chi connectivity index (χ0) is 9.97. The molecule has 0 saturated heterocycles. The Morgan fingerprint density at radius 1 is 1.29 bits per heavy atom. The Morgan fingerprint density at radius 2 is 2.14 bits per heavy atom. The van der Waals surface area contributed by atoms with E-state index in [1.807, 2.05) is 0 Å². The first kappa shape index (κ1) is 9.57. The van der Waals surface area contributed by atoms with Gasteiger partial charge >= 0.3 is 0 Å². The standard InChI is InChI=1S/C13H18O/c1-10(2)9-14-13-8-4-6-11-5-3-7-12(11)13/h4,6,8,10H,3,5,7,9H2,1-2H3. The number of hydrogen-bond acceptors (Lipinski definition) is 1. The lowest BCUT2D eigenvalue weighted by atomic mass is 10.1. The molecule has 0 heterocycles.